The average molecular weight is 260 g/mol. The van der Waals surface area contributed by atoms with Gasteiger partial charge >= 0.3 is 5.97 Å². The lowest BCUT2D eigenvalue weighted by molar-refractivity contribution is 0.0698. The van der Waals surface area contributed by atoms with Crippen LogP contribution < -0.4 is 11.1 Å². The molecule has 1 aromatic heterocycles. The highest BCUT2D eigenvalue weighted by atomic mass is 16.4. The molecule has 0 spiro atoms. The highest BCUT2D eigenvalue weighted by Crippen LogP contribution is 2.23. The van der Waals surface area contributed by atoms with E-state index in [1.165, 1.54) is 6.07 Å². The topological polar surface area (TPSA) is 93.2 Å². The number of aromatic carboxylic acids is 1. The summed E-state index contributed by atoms with van der Waals surface area (Å²) in [6.45, 7) is 0.597. The highest BCUT2D eigenvalue weighted by molar-refractivity contribution is 5.97. The molecule has 19 heavy (non-hydrogen) atoms. The van der Waals surface area contributed by atoms with Crippen LogP contribution in [0.3, 0.4) is 0 Å². The molecule has 0 amide bonds. The third-order valence-electron chi connectivity index (χ3n) is 2.80. The standard InChI is InChI=1S/C13H16N4O2/c1-17-8-9(7-16-17)5-6-15-12-10(13(18)19)3-2-4-11(12)14/h2-4,7-8,15H,5-6,14H2,1H3,(H,18,19). The van der Waals surface area contributed by atoms with Gasteiger partial charge in [-0.15, -0.1) is 0 Å². The fourth-order valence-corrected chi connectivity index (χ4v) is 1.88. The van der Waals surface area contributed by atoms with E-state index in [1.54, 1.807) is 23.0 Å². The van der Waals surface area contributed by atoms with E-state index >= 15 is 0 Å². The smallest absolute Gasteiger partial charge is 0.337 e. The number of aryl methyl sites for hydroxylation is 1. The zero-order valence-corrected chi connectivity index (χ0v) is 10.6. The predicted octanol–water partition coefficient (Wildman–Crippen LogP) is 1.36. The third kappa shape index (κ3) is 3.04. The second-order valence-electron chi connectivity index (χ2n) is 4.27. The van der Waals surface area contributed by atoms with Gasteiger partial charge in [-0.25, -0.2) is 4.79 Å². The van der Waals surface area contributed by atoms with Gasteiger partial charge in [-0.3, -0.25) is 4.68 Å². The SMILES string of the molecule is Cn1cc(CCNc2c(N)cccc2C(=O)O)cn1. The molecule has 0 aliphatic heterocycles. The van der Waals surface area contributed by atoms with Crippen molar-refractivity contribution in [2.45, 2.75) is 6.42 Å². The van der Waals surface area contributed by atoms with E-state index in [2.05, 4.69) is 10.4 Å². The van der Waals surface area contributed by atoms with Gasteiger partial charge in [0.2, 0.25) is 0 Å². The first-order valence-corrected chi connectivity index (χ1v) is 5.91. The van der Waals surface area contributed by atoms with E-state index in [0.717, 1.165) is 12.0 Å². The van der Waals surface area contributed by atoms with Crippen LogP contribution in [-0.4, -0.2) is 27.4 Å². The zero-order valence-electron chi connectivity index (χ0n) is 10.6. The number of nitrogens with one attached hydrogen (secondary N) is 1. The van der Waals surface area contributed by atoms with Crippen LogP contribution in [0.4, 0.5) is 11.4 Å². The molecule has 100 valence electrons. The number of aromatic nitrogens is 2. The maximum Gasteiger partial charge on any atom is 0.337 e. The molecule has 0 radical (unpaired) electrons. The van der Waals surface area contributed by atoms with E-state index in [9.17, 15) is 4.79 Å². The van der Waals surface area contributed by atoms with Gasteiger partial charge in [-0.2, -0.15) is 5.10 Å². The Hall–Kier alpha value is -2.50. The predicted molar refractivity (Wildman–Crippen MR) is 73.2 cm³/mol. The van der Waals surface area contributed by atoms with Crippen molar-refractivity contribution in [3.05, 3.63) is 41.7 Å². The number of para-hydroxylation sites is 1. The van der Waals surface area contributed by atoms with Gasteiger partial charge in [-0.05, 0) is 24.1 Å². The largest absolute Gasteiger partial charge is 0.478 e. The lowest BCUT2D eigenvalue weighted by Gasteiger charge is -2.11. The second kappa shape index (κ2) is 5.43. The van der Waals surface area contributed by atoms with Crippen molar-refractivity contribution in [2.24, 2.45) is 7.05 Å². The average Bonchev–Trinajstić information content (AvgIpc) is 2.77. The van der Waals surface area contributed by atoms with Gasteiger partial charge in [-0.1, -0.05) is 6.07 Å². The van der Waals surface area contributed by atoms with E-state index in [4.69, 9.17) is 10.8 Å². The van der Waals surface area contributed by atoms with Gasteiger partial charge in [0.15, 0.2) is 0 Å². The molecule has 0 unspecified atom stereocenters. The van der Waals surface area contributed by atoms with Crippen LogP contribution in [0, 0.1) is 0 Å². The summed E-state index contributed by atoms with van der Waals surface area (Å²) in [7, 11) is 1.86. The van der Waals surface area contributed by atoms with Crippen molar-refractivity contribution in [1.29, 1.82) is 0 Å². The molecule has 2 rings (SSSR count). The van der Waals surface area contributed by atoms with Crippen LogP contribution in [0.25, 0.3) is 0 Å². The summed E-state index contributed by atoms with van der Waals surface area (Å²) >= 11 is 0. The Kier molecular flexibility index (Phi) is 3.70. The Labute approximate surface area is 110 Å². The van der Waals surface area contributed by atoms with E-state index < -0.39 is 5.97 Å². The highest BCUT2D eigenvalue weighted by Gasteiger charge is 2.11. The summed E-state index contributed by atoms with van der Waals surface area (Å²) < 4.78 is 1.73. The summed E-state index contributed by atoms with van der Waals surface area (Å²) in [5.74, 6) is -0.990. The molecule has 0 saturated carbocycles. The summed E-state index contributed by atoms with van der Waals surface area (Å²) in [4.78, 5) is 11.1. The normalized spacial score (nSPS) is 10.4. The van der Waals surface area contributed by atoms with Gasteiger partial charge in [0.05, 0.1) is 23.1 Å². The van der Waals surface area contributed by atoms with Crippen molar-refractivity contribution in [2.75, 3.05) is 17.6 Å². The molecule has 0 atom stereocenters. The van der Waals surface area contributed by atoms with Crippen LogP contribution in [0.1, 0.15) is 15.9 Å². The van der Waals surface area contributed by atoms with Gasteiger partial charge in [0, 0.05) is 19.8 Å². The number of carboxylic acid groups (broad SMARTS) is 1. The second-order valence-corrected chi connectivity index (χ2v) is 4.27. The lowest BCUT2D eigenvalue weighted by atomic mass is 10.1. The number of carboxylic acids is 1. The molecule has 0 aliphatic carbocycles. The quantitative estimate of drug-likeness (QED) is 0.706. The minimum Gasteiger partial charge on any atom is -0.478 e. The molecule has 0 aliphatic rings. The molecular weight excluding hydrogens is 244 g/mol. The molecular formula is C13H16N4O2. The first-order chi connectivity index (χ1) is 9.08. The monoisotopic (exact) mass is 260 g/mol. The molecule has 0 bridgehead atoms. The number of hydrogen-bond acceptors (Lipinski definition) is 4. The number of nitrogens with zero attached hydrogens (tertiary/aromatic N) is 2. The maximum atomic E-state index is 11.1. The van der Waals surface area contributed by atoms with E-state index in [-0.39, 0.29) is 5.56 Å². The molecule has 0 fully saturated rings. The number of nitrogen functional groups attached to an aromatic ring is 1. The Morgan fingerprint density at radius 2 is 2.32 bits per heavy atom. The fourth-order valence-electron chi connectivity index (χ4n) is 1.88. The van der Waals surface area contributed by atoms with Crippen LogP contribution in [0.5, 0.6) is 0 Å². The molecule has 6 nitrogen and oxygen atoms in total. The lowest BCUT2D eigenvalue weighted by Crippen LogP contribution is -2.11. The van der Waals surface area contributed by atoms with Crippen LogP contribution in [0.2, 0.25) is 0 Å². The first-order valence-electron chi connectivity index (χ1n) is 5.91. The van der Waals surface area contributed by atoms with Gasteiger partial charge in [0.25, 0.3) is 0 Å². The van der Waals surface area contributed by atoms with Crippen molar-refractivity contribution in [3.63, 3.8) is 0 Å². The Bertz CT molecular complexity index is 592. The first kappa shape index (κ1) is 12.9. The molecule has 2 aromatic rings. The summed E-state index contributed by atoms with van der Waals surface area (Å²) in [5, 5.41) is 16.3. The summed E-state index contributed by atoms with van der Waals surface area (Å²) in [6.07, 6.45) is 4.46. The van der Waals surface area contributed by atoms with Gasteiger partial charge in [0.1, 0.15) is 0 Å². The number of benzene rings is 1. The molecule has 0 saturated heterocycles. The third-order valence-corrected chi connectivity index (χ3v) is 2.80. The summed E-state index contributed by atoms with van der Waals surface area (Å²) in [5.41, 5.74) is 7.98. The van der Waals surface area contributed by atoms with Gasteiger partial charge < -0.3 is 16.2 Å². The van der Waals surface area contributed by atoms with Crippen LogP contribution in [0.15, 0.2) is 30.6 Å². The fraction of sp³-hybridized carbons (Fsp3) is 0.231. The Morgan fingerprint density at radius 3 is 2.95 bits per heavy atom. The molecule has 1 aromatic carbocycles. The minimum absolute atomic E-state index is 0.186. The molecule has 1 heterocycles. The number of carbonyl (C=O) groups is 1. The number of anilines is 2. The maximum absolute atomic E-state index is 11.1. The van der Waals surface area contributed by atoms with Crippen molar-refractivity contribution in [3.8, 4) is 0 Å². The minimum atomic E-state index is -0.990. The van der Waals surface area contributed by atoms with Crippen molar-refractivity contribution >= 4 is 17.3 Å². The van der Waals surface area contributed by atoms with E-state index in [0.29, 0.717) is 17.9 Å². The number of nitrogens with two attached hydrogens (primary N) is 1. The van der Waals surface area contributed by atoms with Crippen LogP contribution >= 0.6 is 0 Å². The van der Waals surface area contributed by atoms with Crippen molar-refractivity contribution in [1.82, 2.24) is 9.78 Å². The number of hydrogen-bond donors (Lipinski definition) is 3. The zero-order chi connectivity index (χ0) is 13.8. The summed E-state index contributed by atoms with van der Waals surface area (Å²) in [6, 6.07) is 4.84. The Balaban J connectivity index is 2.05. The molecule has 6 heteroatoms. The molecule has 4 N–H and O–H groups in total. The van der Waals surface area contributed by atoms with Crippen LogP contribution in [-0.2, 0) is 13.5 Å². The van der Waals surface area contributed by atoms with Crippen molar-refractivity contribution < 1.29 is 9.90 Å². The van der Waals surface area contributed by atoms with E-state index in [1.807, 2.05) is 13.2 Å². The number of rotatable bonds is 5. The Morgan fingerprint density at radius 1 is 1.53 bits per heavy atom.